The van der Waals surface area contributed by atoms with E-state index in [0.717, 1.165) is 11.1 Å². The minimum Gasteiger partial charge on any atom is -0.462 e. The maximum atomic E-state index is 12.1. The highest BCUT2D eigenvalue weighted by atomic mass is 16.5. The van der Waals surface area contributed by atoms with Crippen molar-refractivity contribution in [2.75, 3.05) is 19.7 Å². The van der Waals surface area contributed by atoms with Crippen molar-refractivity contribution < 1.29 is 9.53 Å². The van der Waals surface area contributed by atoms with Crippen LogP contribution in [0, 0.1) is 18.3 Å². The Morgan fingerprint density at radius 2 is 1.76 bits per heavy atom. The largest absolute Gasteiger partial charge is 0.462 e. The Balaban J connectivity index is 3.46. The third-order valence-electron chi connectivity index (χ3n) is 3.23. The molecule has 0 N–H and O–H groups in total. The lowest BCUT2D eigenvalue weighted by Gasteiger charge is -2.25. The number of carbonyl (C=O) groups excluding carboxylic acids is 1. The summed E-state index contributed by atoms with van der Waals surface area (Å²) in [5.74, 6) is -0.567. The summed E-state index contributed by atoms with van der Waals surface area (Å²) in [5, 5.41) is 9.41. The first-order valence-corrected chi connectivity index (χ1v) is 7.22. The molecule has 0 saturated carbocycles. The van der Waals surface area contributed by atoms with Crippen molar-refractivity contribution in [2.24, 2.45) is 0 Å². The summed E-state index contributed by atoms with van der Waals surface area (Å²) in [6.07, 6.45) is 0. The third-order valence-corrected chi connectivity index (χ3v) is 3.23. The van der Waals surface area contributed by atoms with E-state index in [1.165, 1.54) is 0 Å². The lowest BCUT2D eigenvalue weighted by Crippen LogP contribution is -2.25. The molecule has 0 aliphatic heterocycles. The molecule has 0 aromatic heterocycles. The van der Waals surface area contributed by atoms with Crippen molar-refractivity contribution in [1.82, 2.24) is 4.90 Å². The quantitative estimate of drug-likeness (QED) is 0.458. The molecule has 1 aromatic carbocycles. The highest BCUT2D eigenvalue weighted by molar-refractivity contribution is 6.01. The molecule has 0 atom stereocenters. The van der Waals surface area contributed by atoms with E-state index in [1.807, 2.05) is 56.0 Å². The van der Waals surface area contributed by atoms with Crippen LogP contribution in [-0.4, -0.2) is 30.6 Å². The van der Waals surface area contributed by atoms with Gasteiger partial charge in [-0.2, -0.15) is 5.26 Å². The topological polar surface area (TPSA) is 53.3 Å². The van der Waals surface area contributed by atoms with E-state index in [2.05, 4.69) is 0 Å². The van der Waals surface area contributed by atoms with Gasteiger partial charge in [0.1, 0.15) is 6.07 Å². The number of benzene rings is 1. The van der Waals surface area contributed by atoms with Crippen LogP contribution in [0.5, 0.6) is 0 Å². The van der Waals surface area contributed by atoms with Crippen LogP contribution in [0.2, 0.25) is 0 Å². The third kappa shape index (κ3) is 4.09. The van der Waals surface area contributed by atoms with Gasteiger partial charge in [-0.1, -0.05) is 29.8 Å². The maximum Gasteiger partial charge on any atom is 0.351 e. The molecular formula is C17H22N2O2. The Labute approximate surface area is 126 Å². The van der Waals surface area contributed by atoms with Crippen LogP contribution in [0.15, 0.2) is 29.8 Å². The van der Waals surface area contributed by atoms with Gasteiger partial charge >= 0.3 is 5.97 Å². The Morgan fingerprint density at radius 1 is 1.19 bits per heavy atom. The second kappa shape index (κ2) is 8.11. The molecule has 0 saturated heterocycles. The van der Waals surface area contributed by atoms with Gasteiger partial charge in [-0.05, 0) is 33.3 Å². The molecule has 0 fully saturated rings. The van der Waals surface area contributed by atoms with E-state index < -0.39 is 5.97 Å². The lowest BCUT2D eigenvalue weighted by atomic mass is 10.0. The van der Waals surface area contributed by atoms with Crippen LogP contribution >= 0.6 is 0 Å². The number of nitriles is 1. The number of nitrogens with zero attached hydrogens (tertiary/aromatic N) is 2. The molecule has 21 heavy (non-hydrogen) atoms. The van der Waals surface area contributed by atoms with Crippen molar-refractivity contribution in [3.05, 3.63) is 41.0 Å². The monoisotopic (exact) mass is 286 g/mol. The van der Waals surface area contributed by atoms with Crippen molar-refractivity contribution in [3.8, 4) is 6.07 Å². The number of hydrogen-bond donors (Lipinski definition) is 0. The Hall–Kier alpha value is -2.28. The summed E-state index contributed by atoms with van der Waals surface area (Å²) in [6.45, 7) is 9.41. The van der Waals surface area contributed by atoms with Crippen molar-refractivity contribution in [2.45, 2.75) is 27.7 Å². The predicted octanol–water partition coefficient (Wildman–Crippen LogP) is 3.13. The highest BCUT2D eigenvalue weighted by Crippen LogP contribution is 2.24. The molecule has 0 bridgehead atoms. The van der Waals surface area contributed by atoms with Gasteiger partial charge in [0.25, 0.3) is 0 Å². The van der Waals surface area contributed by atoms with E-state index in [0.29, 0.717) is 18.8 Å². The van der Waals surface area contributed by atoms with Gasteiger partial charge < -0.3 is 9.64 Å². The summed E-state index contributed by atoms with van der Waals surface area (Å²) in [5.41, 5.74) is 2.69. The molecule has 0 unspecified atom stereocenters. The molecule has 0 aliphatic carbocycles. The average Bonchev–Trinajstić information content (AvgIpc) is 2.49. The Morgan fingerprint density at radius 3 is 2.19 bits per heavy atom. The van der Waals surface area contributed by atoms with Gasteiger partial charge in [-0.3, -0.25) is 0 Å². The molecule has 0 amide bonds. The van der Waals surface area contributed by atoms with Gasteiger partial charge in [0.05, 0.1) is 12.3 Å². The zero-order chi connectivity index (χ0) is 15.8. The standard InChI is InChI=1S/C17H22N2O2/c1-5-19(6-2)16(14-10-8-13(4)9-11-14)15(12-18)17(20)21-7-3/h8-11H,5-7H2,1-4H3/b16-15-. The number of rotatable bonds is 6. The number of carbonyl (C=O) groups is 1. The van der Waals surface area contributed by atoms with Crippen LogP contribution in [-0.2, 0) is 9.53 Å². The van der Waals surface area contributed by atoms with Crippen LogP contribution in [0.1, 0.15) is 31.9 Å². The zero-order valence-electron chi connectivity index (χ0n) is 13.1. The molecule has 0 aliphatic rings. The van der Waals surface area contributed by atoms with E-state index in [1.54, 1.807) is 6.92 Å². The van der Waals surface area contributed by atoms with Crippen LogP contribution in [0.3, 0.4) is 0 Å². The number of aryl methyl sites for hydroxylation is 1. The molecule has 4 nitrogen and oxygen atoms in total. The van der Waals surface area contributed by atoms with Crippen molar-refractivity contribution in [3.63, 3.8) is 0 Å². The molecule has 1 aromatic rings. The van der Waals surface area contributed by atoms with Crippen molar-refractivity contribution in [1.29, 1.82) is 5.26 Å². The van der Waals surface area contributed by atoms with Gasteiger partial charge in [-0.15, -0.1) is 0 Å². The molecule has 0 radical (unpaired) electrons. The summed E-state index contributed by atoms with van der Waals surface area (Å²) in [4.78, 5) is 14.1. The molecule has 1 rings (SSSR count). The van der Waals surface area contributed by atoms with E-state index in [9.17, 15) is 10.1 Å². The molecule has 0 spiro atoms. The SMILES string of the molecule is CCOC(=O)/C(C#N)=C(/c1ccc(C)cc1)N(CC)CC. The van der Waals surface area contributed by atoms with E-state index >= 15 is 0 Å². The van der Waals surface area contributed by atoms with Gasteiger partial charge in [0, 0.05) is 13.1 Å². The first-order valence-electron chi connectivity index (χ1n) is 7.22. The van der Waals surface area contributed by atoms with E-state index in [-0.39, 0.29) is 12.2 Å². The van der Waals surface area contributed by atoms with Crippen LogP contribution in [0.4, 0.5) is 0 Å². The number of esters is 1. The fourth-order valence-corrected chi connectivity index (χ4v) is 2.13. The summed E-state index contributed by atoms with van der Waals surface area (Å²) in [6, 6.07) is 9.82. The number of ether oxygens (including phenoxy) is 1. The molecule has 112 valence electrons. The normalized spacial score (nSPS) is 11.4. The van der Waals surface area contributed by atoms with Gasteiger partial charge in [-0.25, -0.2) is 4.79 Å². The van der Waals surface area contributed by atoms with Gasteiger partial charge in [0.15, 0.2) is 5.57 Å². The van der Waals surface area contributed by atoms with Crippen molar-refractivity contribution >= 4 is 11.7 Å². The fraction of sp³-hybridized carbons (Fsp3) is 0.412. The lowest BCUT2D eigenvalue weighted by molar-refractivity contribution is -0.138. The van der Waals surface area contributed by atoms with Gasteiger partial charge in [0.2, 0.25) is 0 Å². The molecule has 0 heterocycles. The highest BCUT2D eigenvalue weighted by Gasteiger charge is 2.21. The summed E-state index contributed by atoms with van der Waals surface area (Å²) >= 11 is 0. The Kier molecular flexibility index (Phi) is 6.48. The van der Waals surface area contributed by atoms with Crippen LogP contribution in [0.25, 0.3) is 5.70 Å². The fourth-order valence-electron chi connectivity index (χ4n) is 2.13. The molecular weight excluding hydrogens is 264 g/mol. The van der Waals surface area contributed by atoms with E-state index in [4.69, 9.17) is 4.74 Å². The first kappa shape index (κ1) is 16.8. The first-order chi connectivity index (χ1) is 10.1. The summed E-state index contributed by atoms with van der Waals surface area (Å²) in [7, 11) is 0. The Bertz CT molecular complexity index is 549. The molecule has 4 heteroatoms. The minimum absolute atomic E-state index is 0.0596. The smallest absolute Gasteiger partial charge is 0.351 e. The predicted molar refractivity (Wildman–Crippen MR) is 83.3 cm³/mol. The summed E-state index contributed by atoms with van der Waals surface area (Å²) < 4.78 is 5.01. The van der Waals surface area contributed by atoms with Crippen LogP contribution < -0.4 is 0 Å². The second-order valence-corrected chi connectivity index (χ2v) is 4.59. The average molecular weight is 286 g/mol. The zero-order valence-corrected chi connectivity index (χ0v) is 13.1. The number of hydrogen-bond acceptors (Lipinski definition) is 4. The second-order valence-electron chi connectivity index (χ2n) is 4.59. The minimum atomic E-state index is -0.567. The maximum absolute atomic E-state index is 12.1.